The summed E-state index contributed by atoms with van der Waals surface area (Å²) in [5, 5.41) is 12.0. The number of thioether (sulfide) groups is 1. The van der Waals surface area contributed by atoms with E-state index in [2.05, 4.69) is 22.1 Å². The molecule has 0 unspecified atom stereocenters. The molecule has 0 aliphatic heterocycles. The summed E-state index contributed by atoms with van der Waals surface area (Å²) >= 11 is 1.30. The van der Waals surface area contributed by atoms with Gasteiger partial charge in [-0.25, -0.2) is 0 Å². The molecule has 0 spiro atoms. The molecule has 0 saturated heterocycles. The van der Waals surface area contributed by atoms with Crippen molar-refractivity contribution in [1.82, 2.24) is 14.8 Å². The fourth-order valence-corrected chi connectivity index (χ4v) is 3.67. The van der Waals surface area contributed by atoms with Crippen molar-refractivity contribution in [3.63, 3.8) is 0 Å². The number of hydrogen-bond acceptors (Lipinski definition) is 7. The van der Waals surface area contributed by atoms with Crippen LogP contribution in [0.4, 0.5) is 5.69 Å². The molecule has 0 aliphatic rings. The van der Waals surface area contributed by atoms with E-state index in [0.29, 0.717) is 34.7 Å². The van der Waals surface area contributed by atoms with Crippen LogP contribution >= 0.6 is 11.8 Å². The summed E-state index contributed by atoms with van der Waals surface area (Å²) in [5.41, 5.74) is 1.67. The van der Waals surface area contributed by atoms with Gasteiger partial charge >= 0.3 is 0 Å². The Balaban J connectivity index is 1.62. The molecular formula is C23H26N4O4S. The normalized spacial score (nSPS) is 10.5. The number of allylic oxidation sites excluding steroid dienone is 1. The molecule has 1 aromatic heterocycles. The molecule has 2 aromatic carbocycles. The zero-order valence-electron chi connectivity index (χ0n) is 18.3. The number of aromatic nitrogens is 3. The van der Waals surface area contributed by atoms with Crippen molar-refractivity contribution in [2.45, 2.75) is 25.2 Å². The van der Waals surface area contributed by atoms with E-state index >= 15 is 0 Å². The molecule has 0 aliphatic carbocycles. The number of anilines is 1. The molecule has 0 atom stereocenters. The number of nitrogens with zero attached hydrogens (tertiary/aromatic N) is 3. The van der Waals surface area contributed by atoms with Crippen LogP contribution in [0, 0.1) is 6.92 Å². The lowest BCUT2D eigenvalue weighted by Crippen LogP contribution is -2.15. The number of carbonyl (C=O) groups excluding carboxylic acids is 1. The number of nitrogens with one attached hydrogen (secondary N) is 1. The van der Waals surface area contributed by atoms with Crippen LogP contribution in [0.5, 0.6) is 17.2 Å². The minimum Gasteiger partial charge on any atom is -0.497 e. The Labute approximate surface area is 191 Å². The van der Waals surface area contributed by atoms with Gasteiger partial charge < -0.3 is 19.5 Å². The first-order chi connectivity index (χ1) is 15.5. The highest BCUT2D eigenvalue weighted by Gasteiger charge is 2.15. The molecule has 3 rings (SSSR count). The quantitative estimate of drug-likeness (QED) is 0.345. The lowest BCUT2D eigenvalue weighted by molar-refractivity contribution is -0.113. The third-order valence-corrected chi connectivity index (χ3v) is 5.46. The van der Waals surface area contributed by atoms with Gasteiger partial charge in [-0.2, -0.15) is 0 Å². The van der Waals surface area contributed by atoms with E-state index in [1.807, 2.05) is 54.0 Å². The van der Waals surface area contributed by atoms with E-state index in [0.717, 1.165) is 11.3 Å². The SMILES string of the molecule is C=CCn1c(COc2ccc(OC)cc2)nnc1SCC(=O)Nc1cc(C)ccc1OC. The van der Waals surface area contributed by atoms with Crippen molar-refractivity contribution in [2.24, 2.45) is 0 Å². The summed E-state index contributed by atoms with van der Waals surface area (Å²) in [6.45, 7) is 6.50. The first-order valence-corrected chi connectivity index (χ1v) is 10.9. The van der Waals surface area contributed by atoms with Gasteiger partial charge in [0.2, 0.25) is 5.91 Å². The van der Waals surface area contributed by atoms with Crippen LogP contribution in [0.3, 0.4) is 0 Å². The van der Waals surface area contributed by atoms with Crippen molar-refractivity contribution < 1.29 is 19.0 Å². The van der Waals surface area contributed by atoms with Crippen molar-refractivity contribution >= 4 is 23.4 Å². The molecule has 1 amide bonds. The number of amides is 1. The number of hydrogen-bond donors (Lipinski definition) is 1. The van der Waals surface area contributed by atoms with Gasteiger partial charge in [-0.1, -0.05) is 23.9 Å². The van der Waals surface area contributed by atoms with E-state index in [1.165, 1.54) is 11.8 Å². The molecule has 32 heavy (non-hydrogen) atoms. The molecule has 0 radical (unpaired) electrons. The topological polar surface area (TPSA) is 87.5 Å². The molecule has 8 nitrogen and oxygen atoms in total. The zero-order chi connectivity index (χ0) is 22.9. The van der Waals surface area contributed by atoms with Crippen LogP contribution in [0.1, 0.15) is 11.4 Å². The number of carbonyl (C=O) groups is 1. The molecule has 1 heterocycles. The smallest absolute Gasteiger partial charge is 0.234 e. The van der Waals surface area contributed by atoms with Gasteiger partial charge in [0.25, 0.3) is 0 Å². The van der Waals surface area contributed by atoms with E-state index < -0.39 is 0 Å². The minimum atomic E-state index is -0.164. The van der Waals surface area contributed by atoms with Crippen molar-refractivity contribution in [2.75, 3.05) is 25.3 Å². The van der Waals surface area contributed by atoms with Crippen molar-refractivity contribution in [1.29, 1.82) is 0 Å². The number of ether oxygens (including phenoxy) is 3. The fourth-order valence-electron chi connectivity index (χ4n) is 2.90. The number of methoxy groups -OCH3 is 2. The van der Waals surface area contributed by atoms with Crippen LogP contribution in [0.25, 0.3) is 0 Å². The van der Waals surface area contributed by atoms with Crippen LogP contribution in [-0.4, -0.2) is 40.6 Å². The number of rotatable bonds is 11. The lowest BCUT2D eigenvalue weighted by atomic mass is 10.2. The van der Waals surface area contributed by atoms with Gasteiger partial charge in [0.05, 0.1) is 25.7 Å². The standard InChI is InChI=1S/C23H26N4O4S/c1-5-12-27-21(14-31-18-9-7-17(29-3)8-10-18)25-26-23(27)32-15-22(28)24-19-13-16(2)6-11-20(19)30-4/h5-11,13H,1,12,14-15H2,2-4H3,(H,24,28). The maximum Gasteiger partial charge on any atom is 0.234 e. The van der Waals surface area contributed by atoms with Crippen LogP contribution in [-0.2, 0) is 17.9 Å². The second kappa shape index (κ2) is 11.2. The van der Waals surface area contributed by atoms with E-state index in [1.54, 1.807) is 20.3 Å². The lowest BCUT2D eigenvalue weighted by Gasteiger charge is -2.11. The summed E-state index contributed by atoms with van der Waals surface area (Å²) in [6.07, 6.45) is 1.75. The van der Waals surface area contributed by atoms with Crippen molar-refractivity contribution in [3.05, 3.63) is 66.5 Å². The van der Waals surface area contributed by atoms with Gasteiger partial charge in [0.1, 0.15) is 23.9 Å². The largest absolute Gasteiger partial charge is 0.497 e. The Morgan fingerprint density at radius 1 is 1.12 bits per heavy atom. The summed E-state index contributed by atoms with van der Waals surface area (Å²) in [5.74, 6) is 2.71. The van der Waals surface area contributed by atoms with E-state index in [9.17, 15) is 4.79 Å². The molecular weight excluding hydrogens is 428 g/mol. The molecule has 0 bridgehead atoms. The first-order valence-electron chi connectivity index (χ1n) is 9.91. The first kappa shape index (κ1) is 23.2. The maximum atomic E-state index is 12.5. The third kappa shape index (κ3) is 6.04. The zero-order valence-corrected chi connectivity index (χ0v) is 19.1. The van der Waals surface area contributed by atoms with Gasteiger partial charge in [0.15, 0.2) is 11.0 Å². The van der Waals surface area contributed by atoms with E-state index in [4.69, 9.17) is 14.2 Å². The fraction of sp³-hybridized carbons (Fsp3) is 0.261. The Bertz CT molecular complexity index is 1070. The van der Waals surface area contributed by atoms with Gasteiger partial charge in [-0.05, 0) is 48.9 Å². The molecule has 0 fully saturated rings. The second-order valence-corrected chi connectivity index (χ2v) is 7.75. The Kier molecular flexibility index (Phi) is 8.15. The Morgan fingerprint density at radius 3 is 2.56 bits per heavy atom. The minimum absolute atomic E-state index is 0.164. The summed E-state index contributed by atoms with van der Waals surface area (Å²) in [4.78, 5) is 12.5. The highest BCUT2D eigenvalue weighted by molar-refractivity contribution is 7.99. The highest BCUT2D eigenvalue weighted by atomic mass is 32.2. The van der Waals surface area contributed by atoms with Crippen molar-refractivity contribution in [3.8, 4) is 17.2 Å². The summed E-state index contributed by atoms with van der Waals surface area (Å²) < 4.78 is 18.2. The summed E-state index contributed by atoms with van der Waals surface area (Å²) in [6, 6.07) is 12.9. The average molecular weight is 455 g/mol. The molecule has 0 saturated carbocycles. The Morgan fingerprint density at radius 2 is 1.88 bits per heavy atom. The number of benzene rings is 2. The second-order valence-electron chi connectivity index (χ2n) is 6.80. The van der Waals surface area contributed by atoms with Crippen LogP contribution < -0.4 is 19.5 Å². The van der Waals surface area contributed by atoms with Crippen LogP contribution in [0.15, 0.2) is 60.3 Å². The van der Waals surface area contributed by atoms with Crippen LogP contribution in [0.2, 0.25) is 0 Å². The molecule has 3 aromatic rings. The van der Waals surface area contributed by atoms with Gasteiger partial charge in [-0.15, -0.1) is 16.8 Å². The monoisotopic (exact) mass is 454 g/mol. The maximum absolute atomic E-state index is 12.5. The summed E-state index contributed by atoms with van der Waals surface area (Å²) in [7, 11) is 3.19. The molecule has 9 heteroatoms. The average Bonchev–Trinajstić information content (AvgIpc) is 3.18. The third-order valence-electron chi connectivity index (χ3n) is 4.49. The predicted octanol–water partition coefficient (Wildman–Crippen LogP) is 4.10. The molecule has 168 valence electrons. The predicted molar refractivity (Wildman–Crippen MR) is 125 cm³/mol. The van der Waals surface area contributed by atoms with E-state index in [-0.39, 0.29) is 18.3 Å². The molecule has 1 N–H and O–H groups in total. The van der Waals surface area contributed by atoms with Gasteiger partial charge in [-0.3, -0.25) is 9.36 Å². The van der Waals surface area contributed by atoms with Gasteiger partial charge in [0, 0.05) is 6.54 Å². The number of aryl methyl sites for hydroxylation is 1. The Hall–Kier alpha value is -3.46. The highest BCUT2D eigenvalue weighted by Crippen LogP contribution is 2.26.